The number of pyridine rings is 1. The van der Waals surface area contributed by atoms with Crippen LogP contribution in [-0.2, 0) is 26.1 Å². The van der Waals surface area contributed by atoms with Crippen LogP contribution in [-0.4, -0.2) is 65.4 Å². The molecule has 8 nitrogen and oxygen atoms in total. The topological polar surface area (TPSA) is 84.7 Å². The summed E-state index contributed by atoms with van der Waals surface area (Å²) in [4.78, 5) is 19.9. The number of amides is 1. The van der Waals surface area contributed by atoms with Crippen LogP contribution < -0.4 is 0 Å². The van der Waals surface area contributed by atoms with E-state index in [0.29, 0.717) is 31.0 Å². The van der Waals surface area contributed by atoms with Crippen LogP contribution in [0.25, 0.3) is 0 Å². The number of ether oxygens (including phenoxy) is 1. The molecule has 2 atom stereocenters. The first-order chi connectivity index (χ1) is 18.3. The third kappa shape index (κ3) is 5.15. The Labute approximate surface area is 225 Å². The van der Waals surface area contributed by atoms with Crippen molar-refractivity contribution in [2.45, 2.75) is 63.6 Å². The predicted molar refractivity (Wildman–Crippen MR) is 145 cm³/mol. The van der Waals surface area contributed by atoms with Crippen LogP contribution in [0, 0.1) is 20.8 Å². The number of fused-ring (bicyclic) bond motifs is 1. The maximum absolute atomic E-state index is 13.8. The minimum absolute atomic E-state index is 0.0928. The zero-order valence-electron chi connectivity index (χ0n) is 22.3. The molecule has 9 heteroatoms. The standard InChI is InChI=1S/C29H36N4O4S/c1-21-16-22(2)29(23(3)17-21)38(35,36)33-13-5-4-9-25(33)19-37-20-27(34)32-15-14-31-12-7-10-26(31)28(32)24-8-6-11-30-18-24/h6-8,10-12,16-18,25,28H,4-5,9,13-15,19-20H2,1-3H3. The van der Waals surface area contributed by atoms with Crippen LogP contribution in [0.1, 0.15) is 53.3 Å². The molecule has 202 valence electrons. The molecule has 1 saturated heterocycles. The zero-order chi connectivity index (χ0) is 26.9. The van der Waals surface area contributed by atoms with Gasteiger partial charge in [0.1, 0.15) is 6.61 Å². The van der Waals surface area contributed by atoms with E-state index in [9.17, 15) is 13.2 Å². The summed E-state index contributed by atoms with van der Waals surface area (Å²) in [7, 11) is -3.68. The van der Waals surface area contributed by atoms with Crippen molar-refractivity contribution in [2.75, 3.05) is 26.3 Å². The molecule has 38 heavy (non-hydrogen) atoms. The monoisotopic (exact) mass is 536 g/mol. The lowest BCUT2D eigenvalue weighted by Gasteiger charge is -2.38. The van der Waals surface area contributed by atoms with Gasteiger partial charge in [0.2, 0.25) is 15.9 Å². The molecule has 0 N–H and O–H groups in total. The van der Waals surface area contributed by atoms with Gasteiger partial charge < -0.3 is 14.2 Å². The van der Waals surface area contributed by atoms with Gasteiger partial charge in [-0.1, -0.05) is 30.2 Å². The smallest absolute Gasteiger partial charge is 0.249 e. The quantitative estimate of drug-likeness (QED) is 0.456. The SMILES string of the molecule is Cc1cc(C)c(S(=O)(=O)N2CCCCC2COCC(=O)N2CCn3cccc3C2c2cccnc2)c(C)c1. The molecular formula is C29H36N4O4S. The Kier molecular flexibility index (Phi) is 7.70. The highest BCUT2D eigenvalue weighted by Gasteiger charge is 2.36. The lowest BCUT2D eigenvalue weighted by molar-refractivity contribution is -0.139. The lowest BCUT2D eigenvalue weighted by atomic mass is 10.0. The molecule has 0 bridgehead atoms. The first-order valence-electron chi connectivity index (χ1n) is 13.3. The van der Waals surface area contributed by atoms with E-state index in [0.717, 1.165) is 40.8 Å². The fourth-order valence-corrected chi connectivity index (χ4v) is 8.15. The highest BCUT2D eigenvalue weighted by Crippen LogP contribution is 2.33. The van der Waals surface area contributed by atoms with Gasteiger partial charge in [-0.25, -0.2) is 8.42 Å². The van der Waals surface area contributed by atoms with Crippen molar-refractivity contribution in [3.8, 4) is 0 Å². The molecule has 1 amide bonds. The number of rotatable bonds is 7. The van der Waals surface area contributed by atoms with E-state index in [1.165, 1.54) is 0 Å². The summed E-state index contributed by atoms with van der Waals surface area (Å²) >= 11 is 0. The van der Waals surface area contributed by atoms with E-state index in [2.05, 4.69) is 9.55 Å². The van der Waals surface area contributed by atoms with Crippen molar-refractivity contribution in [3.63, 3.8) is 0 Å². The summed E-state index contributed by atoms with van der Waals surface area (Å²) in [6.07, 6.45) is 8.03. The van der Waals surface area contributed by atoms with E-state index in [1.54, 1.807) is 16.7 Å². The highest BCUT2D eigenvalue weighted by atomic mass is 32.2. The maximum atomic E-state index is 13.8. The minimum atomic E-state index is -3.68. The number of nitrogens with zero attached hydrogens (tertiary/aromatic N) is 4. The van der Waals surface area contributed by atoms with Gasteiger partial charge >= 0.3 is 0 Å². The summed E-state index contributed by atoms with van der Waals surface area (Å²) in [5.41, 5.74) is 4.57. The Morgan fingerprint density at radius 2 is 1.84 bits per heavy atom. The Morgan fingerprint density at radius 3 is 2.58 bits per heavy atom. The number of hydrogen-bond acceptors (Lipinski definition) is 5. The average Bonchev–Trinajstić information content (AvgIpc) is 3.37. The zero-order valence-corrected chi connectivity index (χ0v) is 23.2. The normalized spacial score (nSPS) is 20.3. The second-order valence-electron chi connectivity index (χ2n) is 10.4. The fourth-order valence-electron chi connectivity index (χ4n) is 6.05. The van der Waals surface area contributed by atoms with E-state index < -0.39 is 10.0 Å². The Hall–Kier alpha value is -3.01. The number of hydrogen-bond donors (Lipinski definition) is 0. The number of carbonyl (C=O) groups is 1. The van der Waals surface area contributed by atoms with E-state index in [-0.39, 0.29) is 31.2 Å². The van der Waals surface area contributed by atoms with Gasteiger partial charge in [0.25, 0.3) is 0 Å². The van der Waals surface area contributed by atoms with Crippen LogP contribution in [0.5, 0.6) is 0 Å². The van der Waals surface area contributed by atoms with Crippen molar-refractivity contribution in [2.24, 2.45) is 0 Å². The van der Waals surface area contributed by atoms with Gasteiger partial charge in [-0.3, -0.25) is 9.78 Å². The molecule has 4 heterocycles. The second kappa shape index (κ2) is 11.0. The van der Waals surface area contributed by atoms with Crippen molar-refractivity contribution in [1.82, 2.24) is 18.8 Å². The molecular weight excluding hydrogens is 500 g/mol. The van der Waals surface area contributed by atoms with Crippen LogP contribution in [0.15, 0.2) is 59.9 Å². The van der Waals surface area contributed by atoms with Crippen molar-refractivity contribution in [3.05, 3.63) is 82.9 Å². The van der Waals surface area contributed by atoms with E-state index >= 15 is 0 Å². The average molecular weight is 537 g/mol. The third-order valence-electron chi connectivity index (χ3n) is 7.64. The number of piperidine rings is 1. The second-order valence-corrected chi connectivity index (χ2v) is 12.2. The number of aromatic nitrogens is 2. The first-order valence-corrected chi connectivity index (χ1v) is 14.7. The molecule has 5 rings (SSSR count). The molecule has 1 fully saturated rings. The predicted octanol–water partition coefficient (Wildman–Crippen LogP) is 4.00. The summed E-state index contributed by atoms with van der Waals surface area (Å²) in [5, 5.41) is 0. The Balaban J connectivity index is 1.29. The summed E-state index contributed by atoms with van der Waals surface area (Å²) in [5.74, 6) is -0.109. The highest BCUT2D eigenvalue weighted by molar-refractivity contribution is 7.89. The van der Waals surface area contributed by atoms with E-state index in [1.807, 2.05) is 68.3 Å². The van der Waals surface area contributed by atoms with Crippen LogP contribution in [0.4, 0.5) is 0 Å². The van der Waals surface area contributed by atoms with Gasteiger partial charge in [-0.05, 0) is 68.5 Å². The van der Waals surface area contributed by atoms with Crippen LogP contribution in [0.2, 0.25) is 0 Å². The van der Waals surface area contributed by atoms with Gasteiger partial charge in [-0.15, -0.1) is 0 Å². The molecule has 0 saturated carbocycles. The summed E-state index contributed by atoms with van der Waals surface area (Å²) in [6, 6.07) is 11.2. The largest absolute Gasteiger partial charge is 0.370 e. The molecule has 0 aliphatic carbocycles. The van der Waals surface area contributed by atoms with E-state index in [4.69, 9.17) is 4.74 Å². The molecule has 0 radical (unpaired) electrons. The first kappa shape index (κ1) is 26.6. The Morgan fingerprint density at radius 1 is 1.05 bits per heavy atom. The van der Waals surface area contributed by atoms with Crippen LogP contribution >= 0.6 is 0 Å². The number of carbonyl (C=O) groups excluding carboxylic acids is 1. The molecule has 2 aromatic heterocycles. The number of benzene rings is 1. The third-order valence-corrected chi connectivity index (χ3v) is 9.90. The van der Waals surface area contributed by atoms with Crippen molar-refractivity contribution in [1.29, 1.82) is 0 Å². The maximum Gasteiger partial charge on any atom is 0.249 e. The lowest BCUT2D eigenvalue weighted by Crippen LogP contribution is -2.47. The molecule has 0 spiro atoms. The summed E-state index contributed by atoms with van der Waals surface area (Å²) in [6.45, 7) is 7.53. The molecule has 1 aromatic carbocycles. The van der Waals surface area contributed by atoms with Gasteiger partial charge in [0, 0.05) is 50.0 Å². The fraction of sp³-hybridized carbons (Fsp3) is 0.448. The molecule has 2 unspecified atom stereocenters. The molecule has 2 aliphatic rings. The number of aryl methyl sites for hydroxylation is 3. The number of sulfonamides is 1. The molecule has 3 aromatic rings. The van der Waals surface area contributed by atoms with Crippen molar-refractivity contribution >= 4 is 15.9 Å². The van der Waals surface area contributed by atoms with Crippen molar-refractivity contribution < 1.29 is 17.9 Å². The summed E-state index contributed by atoms with van der Waals surface area (Å²) < 4.78 is 37.3. The Bertz CT molecular complexity index is 1380. The van der Waals surface area contributed by atoms with Gasteiger partial charge in [0.15, 0.2) is 0 Å². The minimum Gasteiger partial charge on any atom is -0.370 e. The molecule has 2 aliphatic heterocycles. The van der Waals surface area contributed by atoms with Gasteiger partial charge in [-0.2, -0.15) is 4.31 Å². The van der Waals surface area contributed by atoms with Crippen LogP contribution in [0.3, 0.4) is 0 Å². The van der Waals surface area contributed by atoms with Gasteiger partial charge in [0.05, 0.1) is 17.5 Å².